The lowest BCUT2D eigenvalue weighted by Crippen LogP contribution is -2.01. The minimum Gasteiger partial charge on any atom is -0.384 e. The summed E-state index contributed by atoms with van der Waals surface area (Å²) >= 11 is 3.21. The van der Waals surface area contributed by atoms with Gasteiger partial charge in [0.25, 0.3) is 0 Å². The second-order valence-corrected chi connectivity index (χ2v) is 3.83. The first-order valence-electron chi connectivity index (χ1n) is 3.81. The monoisotopic (exact) mass is 244 g/mol. The Morgan fingerprint density at radius 1 is 1.62 bits per heavy atom. The largest absolute Gasteiger partial charge is 0.384 e. The fourth-order valence-corrected chi connectivity index (χ4v) is 1.37. The van der Waals surface area contributed by atoms with Crippen LogP contribution in [-0.4, -0.2) is 5.11 Å². The predicted octanol–water partition coefficient (Wildman–Crippen LogP) is 3.20. The molecule has 0 saturated heterocycles. The molecular formula is C10H10BrFO. The van der Waals surface area contributed by atoms with E-state index in [0.29, 0.717) is 5.57 Å². The highest BCUT2D eigenvalue weighted by molar-refractivity contribution is 9.10. The number of aliphatic hydroxyl groups is 1. The van der Waals surface area contributed by atoms with E-state index in [9.17, 15) is 9.50 Å². The van der Waals surface area contributed by atoms with Gasteiger partial charge in [0.05, 0.1) is 0 Å². The molecule has 0 aromatic heterocycles. The highest BCUT2D eigenvalue weighted by Crippen LogP contribution is 2.25. The van der Waals surface area contributed by atoms with E-state index in [1.165, 1.54) is 6.07 Å². The predicted molar refractivity (Wildman–Crippen MR) is 53.9 cm³/mol. The van der Waals surface area contributed by atoms with Crippen LogP contribution in [-0.2, 0) is 0 Å². The second-order valence-electron chi connectivity index (χ2n) is 2.91. The van der Waals surface area contributed by atoms with Gasteiger partial charge in [-0.3, -0.25) is 0 Å². The van der Waals surface area contributed by atoms with Crippen molar-refractivity contribution in [2.75, 3.05) is 0 Å². The molecule has 1 aromatic rings. The molecule has 0 aliphatic rings. The molecule has 1 unspecified atom stereocenters. The Morgan fingerprint density at radius 2 is 2.23 bits per heavy atom. The third-order valence-electron chi connectivity index (χ3n) is 1.72. The van der Waals surface area contributed by atoms with Crippen LogP contribution in [0.5, 0.6) is 0 Å². The molecule has 0 fully saturated rings. The topological polar surface area (TPSA) is 20.2 Å². The van der Waals surface area contributed by atoms with Gasteiger partial charge in [0.2, 0.25) is 0 Å². The zero-order valence-corrected chi connectivity index (χ0v) is 8.81. The molecule has 0 bridgehead atoms. The van der Waals surface area contributed by atoms with Crippen LogP contribution in [0.15, 0.2) is 34.8 Å². The Morgan fingerprint density at radius 3 is 2.77 bits per heavy atom. The molecule has 0 heterocycles. The van der Waals surface area contributed by atoms with Crippen LogP contribution in [0.1, 0.15) is 18.6 Å². The molecule has 0 amide bonds. The molecule has 0 radical (unpaired) electrons. The molecule has 0 saturated carbocycles. The van der Waals surface area contributed by atoms with Crippen molar-refractivity contribution >= 4 is 15.9 Å². The van der Waals surface area contributed by atoms with Gasteiger partial charge in [-0.15, -0.1) is 0 Å². The van der Waals surface area contributed by atoms with E-state index in [0.717, 1.165) is 4.47 Å². The Kier molecular flexibility index (Phi) is 3.22. The molecule has 13 heavy (non-hydrogen) atoms. The number of aliphatic hydroxyl groups excluding tert-OH is 1. The zero-order chi connectivity index (χ0) is 10.0. The van der Waals surface area contributed by atoms with E-state index < -0.39 is 11.9 Å². The maximum atomic E-state index is 13.2. The minimum atomic E-state index is -0.933. The van der Waals surface area contributed by atoms with Crippen LogP contribution in [0.2, 0.25) is 0 Å². The maximum Gasteiger partial charge on any atom is 0.129 e. The van der Waals surface area contributed by atoms with Crippen molar-refractivity contribution in [3.8, 4) is 0 Å². The van der Waals surface area contributed by atoms with Crippen molar-refractivity contribution < 1.29 is 9.50 Å². The third kappa shape index (κ3) is 2.39. The zero-order valence-electron chi connectivity index (χ0n) is 7.22. The van der Waals surface area contributed by atoms with Crippen LogP contribution in [0, 0.1) is 5.82 Å². The van der Waals surface area contributed by atoms with Crippen molar-refractivity contribution in [3.05, 3.63) is 46.2 Å². The van der Waals surface area contributed by atoms with E-state index in [4.69, 9.17) is 0 Å². The Hall–Kier alpha value is -0.670. The highest BCUT2D eigenvalue weighted by Gasteiger charge is 2.13. The summed E-state index contributed by atoms with van der Waals surface area (Å²) in [6.07, 6.45) is -0.933. The lowest BCUT2D eigenvalue weighted by Gasteiger charge is -2.11. The molecular weight excluding hydrogens is 235 g/mol. The fraction of sp³-hybridized carbons (Fsp3) is 0.200. The number of rotatable bonds is 2. The van der Waals surface area contributed by atoms with E-state index in [-0.39, 0.29) is 5.56 Å². The minimum absolute atomic E-state index is 0.252. The second kappa shape index (κ2) is 4.03. The summed E-state index contributed by atoms with van der Waals surface area (Å²) in [5.41, 5.74) is 0.777. The number of halogens is 2. The van der Waals surface area contributed by atoms with Gasteiger partial charge < -0.3 is 5.11 Å². The van der Waals surface area contributed by atoms with E-state index in [1.54, 1.807) is 19.1 Å². The van der Waals surface area contributed by atoms with Gasteiger partial charge in [-0.25, -0.2) is 4.39 Å². The number of hydrogen-bond donors (Lipinski definition) is 1. The number of benzene rings is 1. The van der Waals surface area contributed by atoms with Crippen molar-refractivity contribution in [1.29, 1.82) is 0 Å². The van der Waals surface area contributed by atoms with Crippen LogP contribution in [0.3, 0.4) is 0 Å². The van der Waals surface area contributed by atoms with Gasteiger partial charge in [-0.2, -0.15) is 0 Å². The lowest BCUT2D eigenvalue weighted by atomic mass is 10.0. The van der Waals surface area contributed by atoms with Crippen LogP contribution < -0.4 is 0 Å². The van der Waals surface area contributed by atoms with Crippen molar-refractivity contribution in [1.82, 2.24) is 0 Å². The molecule has 1 rings (SSSR count). The molecule has 70 valence electrons. The third-order valence-corrected chi connectivity index (χ3v) is 2.21. The van der Waals surface area contributed by atoms with Crippen LogP contribution in [0.4, 0.5) is 4.39 Å². The Bertz CT molecular complexity index is 336. The van der Waals surface area contributed by atoms with Gasteiger partial charge in [0.15, 0.2) is 0 Å². The average Bonchev–Trinajstić information content (AvgIpc) is 2.08. The van der Waals surface area contributed by atoms with Gasteiger partial charge in [-0.05, 0) is 30.7 Å². The van der Waals surface area contributed by atoms with Gasteiger partial charge in [0, 0.05) is 10.0 Å². The van der Waals surface area contributed by atoms with E-state index >= 15 is 0 Å². The number of hydrogen-bond acceptors (Lipinski definition) is 1. The smallest absolute Gasteiger partial charge is 0.129 e. The highest BCUT2D eigenvalue weighted by atomic mass is 79.9. The maximum absolute atomic E-state index is 13.2. The van der Waals surface area contributed by atoms with Crippen molar-refractivity contribution in [2.45, 2.75) is 13.0 Å². The molecule has 0 aliphatic carbocycles. The quantitative estimate of drug-likeness (QED) is 0.793. The lowest BCUT2D eigenvalue weighted by molar-refractivity contribution is 0.211. The fourth-order valence-electron chi connectivity index (χ4n) is 0.990. The summed E-state index contributed by atoms with van der Waals surface area (Å²) in [7, 11) is 0. The summed E-state index contributed by atoms with van der Waals surface area (Å²) < 4.78 is 13.9. The van der Waals surface area contributed by atoms with Gasteiger partial charge >= 0.3 is 0 Å². The van der Waals surface area contributed by atoms with Crippen LogP contribution in [0.25, 0.3) is 0 Å². The Balaban J connectivity index is 3.12. The van der Waals surface area contributed by atoms with E-state index in [2.05, 4.69) is 22.5 Å². The first-order chi connectivity index (χ1) is 6.02. The average molecular weight is 245 g/mol. The molecule has 1 nitrogen and oxygen atoms in total. The molecule has 1 aromatic carbocycles. The van der Waals surface area contributed by atoms with E-state index in [1.807, 2.05) is 0 Å². The van der Waals surface area contributed by atoms with Crippen LogP contribution >= 0.6 is 15.9 Å². The summed E-state index contributed by atoms with van der Waals surface area (Å²) in [5.74, 6) is -0.418. The standard InChI is InChI=1S/C10H10BrFO/c1-6(2)10(13)8-5-7(11)3-4-9(8)12/h3-5,10,13H,1H2,2H3. The molecule has 1 N–H and O–H groups in total. The molecule has 0 spiro atoms. The first-order valence-corrected chi connectivity index (χ1v) is 4.60. The molecule has 0 aliphatic heterocycles. The van der Waals surface area contributed by atoms with Crippen molar-refractivity contribution in [2.24, 2.45) is 0 Å². The summed E-state index contributed by atoms with van der Waals surface area (Å²) in [5, 5.41) is 9.54. The summed E-state index contributed by atoms with van der Waals surface area (Å²) in [6.45, 7) is 5.23. The molecule has 3 heteroatoms. The Labute approximate surface area is 85.0 Å². The normalized spacial score (nSPS) is 12.6. The summed E-state index contributed by atoms with van der Waals surface area (Å²) in [4.78, 5) is 0. The van der Waals surface area contributed by atoms with Gasteiger partial charge in [-0.1, -0.05) is 22.5 Å². The summed E-state index contributed by atoms with van der Waals surface area (Å²) in [6, 6.07) is 4.45. The molecule has 1 atom stereocenters. The SMILES string of the molecule is C=C(C)C(O)c1cc(Br)ccc1F. The van der Waals surface area contributed by atoms with Gasteiger partial charge in [0.1, 0.15) is 11.9 Å². The first kappa shape index (κ1) is 10.4. The van der Waals surface area contributed by atoms with Crippen molar-refractivity contribution in [3.63, 3.8) is 0 Å².